The third-order valence-corrected chi connectivity index (χ3v) is 5.80. The van der Waals surface area contributed by atoms with E-state index in [1.165, 1.54) is 18.4 Å². The Morgan fingerprint density at radius 3 is 2.50 bits per heavy atom. The van der Waals surface area contributed by atoms with Crippen molar-refractivity contribution in [3.05, 3.63) is 53.2 Å². The molecule has 1 aliphatic heterocycles. The number of nitrogens with zero attached hydrogens (tertiary/aromatic N) is 2. The predicted octanol–water partition coefficient (Wildman–Crippen LogP) is 3.22. The van der Waals surface area contributed by atoms with Gasteiger partial charge in [-0.05, 0) is 38.2 Å². The van der Waals surface area contributed by atoms with Gasteiger partial charge in [-0.3, -0.25) is 4.79 Å². The van der Waals surface area contributed by atoms with Gasteiger partial charge >= 0.3 is 0 Å². The number of piperidine rings is 1. The molecule has 0 bridgehead atoms. The van der Waals surface area contributed by atoms with Crippen molar-refractivity contribution in [2.75, 3.05) is 19.6 Å². The van der Waals surface area contributed by atoms with Crippen LogP contribution in [0.5, 0.6) is 0 Å². The fourth-order valence-corrected chi connectivity index (χ4v) is 4.14. The van der Waals surface area contributed by atoms with Crippen LogP contribution < -0.4 is 5.32 Å². The zero-order valence-electron chi connectivity index (χ0n) is 15.6. The summed E-state index contributed by atoms with van der Waals surface area (Å²) >= 11 is 0. The lowest BCUT2D eigenvalue weighted by atomic mass is 9.94. The number of nitrogens with one attached hydrogen (secondary N) is 1. The van der Waals surface area contributed by atoms with Crippen molar-refractivity contribution < 1.29 is 9.21 Å². The molecule has 2 heterocycles. The first kappa shape index (κ1) is 17.3. The van der Waals surface area contributed by atoms with E-state index in [-0.39, 0.29) is 11.9 Å². The lowest BCUT2D eigenvalue weighted by molar-refractivity contribution is 0.0878. The molecule has 1 amide bonds. The van der Waals surface area contributed by atoms with Crippen molar-refractivity contribution in [3.63, 3.8) is 0 Å². The molecule has 2 aliphatic rings. The van der Waals surface area contributed by atoms with Crippen LogP contribution in [0.4, 0.5) is 0 Å². The van der Waals surface area contributed by atoms with Crippen LogP contribution in [0.1, 0.15) is 53.4 Å². The average molecular weight is 353 g/mol. The van der Waals surface area contributed by atoms with Gasteiger partial charge in [-0.15, -0.1) is 0 Å². The van der Waals surface area contributed by atoms with E-state index in [0.717, 1.165) is 32.5 Å². The van der Waals surface area contributed by atoms with E-state index in [1.807, 2.05) is 6.92 Å². The second-order valence-corrected chi connectivity index (χ2v) is 7.82. The number of hydrogen-bond donors (Lipinski definition) is 1. The molecule has 0 atom stereocenters. The Bertz CT molecular complexity index is 772. The molecule has 2 aromatic rings. The van der Waals surface area contributed by atoms with Crippen molar-refractivity contribution in [1.82, 2.24) is 15.2 Å². The lowest BCUT2D eigenvalue weighted by Gasteiger charge is -2.34. The van der Waals surface area contributed by atoms with Gasteiger partial charge in [-0.2, -0.15) is 0 Å². The standard InChI is InChI=1S/C21H27N3O2/c1-15-19(26-16(2)22-15)20(25)23-18-8-12-24(13-9-18)14-21(10-11-21)17-6-4-3-5-7-17/h3-7,18H,8-14H2,1-2H3,(H,23,25). The van der Waals surface area contributed by atoms with Crippen LogP contribution >= 0.6 is 0 Å². The molecule has 1 aromatic heterocycles. The van der Waals surface area contributed by atoms with Crippen LogP contribution in [0, 0.1) is 13.8 Å². The van der Waals surface area contributed by atoms with E-state index in [1.54, 1.807) is 6.92 Å². The third-order valence-electron chi connectivity index (χ3n) is 5.80. The Kier molecular flexibility index (Phi) is 4.57. The Balaban J connectivity index is 1.29. The van der Waals surface area contributed by atoms with Gasteiger partial charge in [0.15, 0.2) is 5.89 Å². The summed E-state index contributed by atoms with van der Waals surface area (Å²) in [5.41, 5.74) is 2.51. The van der Waals surface area contributed by atoms with Gasteiger partial charge < -0.3 is 14.6 Å². The molecule has 0 spiro atoms. The monoisotopic (exact) mass is 353 g/mol. The smallest absolute Gasteiger partial charge is 0.289 e. The molecule has 2 fully saturated rings. The van der Waals surface area contributed by atoms with Crippen LogP contribution in [0.25, 0.3) is 0 Å². The van der Waals surface area contributed by atoms with Crippen molar-refractivity contribution in [3.8, 4) is 0 Å². The van der Waals surface area contributed by atoms with Gasteiger partial charge in [-0.1, -0.05) is 30.3 Å². The number of aromatic nitrogens is 1. The van der Waals surface area contributed by atoms with E-state index in [0.29, 0.717) is 22.8 Å². The fraction of sp³-hybridized carbons (Fsp3) is 0.524. The maximum absolute atomic E-state index is 12.4. The molecule has 0 unspecified atom stereocenters. The molecule has 1 N–H and O–H groups in total. The van der Waals surface area contributed by atoms with E-state index in [2.05, 4.69) is 45.5 Å². The summed E-state index contributed by atoms with van der Waals surface area (Å²) in [6.45, 7) is 6.79. The zero-order valence-corrected chi connectivity index (χ0v) is 15.6. The van der Waals surface area contributed by atoms with Crippen LogP contribution in [0.3, 0.4) is 0 Å². The highest BCUT2D eigenvalue weighted by atomic mass is 16.4. The van der Waals surface area contributed by atoms with Crippen molar-refractivity contribution in [1.29, 1.82) is 0 Å². The summed E-state index contributed by atoms with van der Waals surface area (Å²) in [4.78, 5) is 19.1. The van der Waals surface area contributed by atoms with E-state index < -0.39 is 0 Å². The zero-order chi connectivity index (χ0) is 18.1. The quantitative estimate of drug-likeness (QED) is 0.897. The average Bonchev–Trinajstić information content (AvgIpc) is 3.34. The van der Waals surface area contributed by atoms with Crippen molar-refractivity contribution >= 4 is 5.91 Å². The Labute approximate surface area is 154 Å². The van der Waals surface area contributed by atoms with Crippen LogP contribution in [0.2, 0.25) is 0 Å². The number of rotatable bonds is 5. The minimum Gasteiger partial charge on any atom is -0.436 e. The highest BCUT2D eigenvalue weighted by Gasteiger charge is 2.45. The summed E-state index contributed by atoms with van der Waals surface area (Å²) in [6, 6.07) is 11.1. The molecule has 1 saturated heterocycles. The largest absolute Gasteiger partial charge is 0.436 e. The van der Waals surface area contributed by atoms with Gasteiger partial charge in [0.05, 0.1) is 5.69 Å². The van der Waals surface area contributed by atoms with E-state index in [9.17, 15) is 4.79 Å². The SMILES string of the molecule is Cc1nc(C)c(C(=O)NC2CCN(CC3(c4ccccc4)CC3)CC2)o1. The van der Waals surface area contributed by atoms with Crippen molar-refractivity contribution in [2.45, 2.75) is 51.0 Å². The summed E-state index contributed by atoms with van der Waals surface area (Å²) in [7, 11) is 0. The minimum atomic E-state index is -0.135. The fourth-order valence-electron chi connectivity index (χ4n) is 4.14. The highest BCUT2D eigenvalue weighted by molar-refractivity contribution is 5.92. The molecular formula is C21H27N3O2. The summed E-state index contributed by atoms with van der Waals surface area (Å²) < 4.78 is 5.43. The third kappa shape index (κ3) is 3.54. The van der Waals surface area contributed by atoms with Gasteiger partial charge in [-0.25, -0.2) is 4.98 Å². The Morgan fingerprint density at radius 2 is 1.92 bits per heavy atom. The minimum absolute atomic E-state index is 0.135. The first-order valence-corrected chi connectivity index (χ1v) is 9.58. The van der Waals surface area contributed by atoms with Crippen LogP contribution in [-0.4, -0.2) is 41.5 Å². The van der Waals surface area contributed by atoms with E-state index in [4.69, 9.17) is 4.42 Å². The first-order valence-electron chi connectivity index (χ1n) is 9.58. The summed E-state index contributed by atoms with van der Waals surface area (Å²) in [5, 5.41) is 3.12. The number of hydrogen-bond acceptors (Lipinski definition) is 4. The predicted molar refractivity (Wildman–Crippen MR) is 100 cm³/mol. The van der Waals surface area contributed by atoms with Crippen molar-refractivity contribution in [2.24, 2.45) is 0 Å². The number of amides is 1. The Hall–Kier alpha value is -2.14. The van der Waals surface area contributed by atoms with Gasteiger partial charge in [0.1, 0.15) is 0 Å². The molecule has 5 heteroatoms. The molecule has 1 aliphatic carbocycles. The highest BCUT2D eigenvalue weighted by Crippen LogP contribution is 2.48. The van der Waals surface area contributed by atoms with Crippen LogP contribution in [-0.2, 0) is 5.41 Å². The molecule has 1 aromatic carbocycles. The maximum atomic E-state index is 12.4. The number of likely N-dealkylation sites (tertiary alicyclic amines) is 1. The molecule has 5 nitrogen and oxygen atoms in total. The first-order chi connectivity index (χ1) is 12.6. The van der Waals surface area contributed by atoms with Crippen LogP contribution in [0.15, 0.2) is 34.7 Å². The molecule has 138 valence electrons. The van der Waals surface area contributed by atoms with E-state index >= 15 is 0 Å². The summed E-state index contributed by atoms with van der Waals surface area (Å²) in [6.07, 6.45) is 4.56. The number of oxazole rings is 1. The second-order valence-electron chi connectivity index (χ2n) is 7.82. The molecule has 0 radical (unpaired) electrons. The Morgan fingerprint density at radius 1 is 1.23 bits per heavy atom. The molecular weight excluding hydrogens is 326 g/mol. The van der Waals surface area contributed by atoms with Gasteiger partial charge in [0, 0.05) is 38.0 Å². The topological polar surface area (TPSA) is 58.4 Å². The number of carbonyl (C=O) groups is 1. The molecule has 1 saturated carbocycles. The maximum Gasteiger partial charge on any atom is 0.289 e. The molecule has 26 heavy (non-hydrogen) atoms. The normalized spacial score (nSPS) is 20.1. The second kappa shape index (κ2) is 6.88. The lowest BCUT2D eigenvalue weighted by Crippen LogP contribution is -2.46. The molecule has 4 rings (SSSR count). The number of aryl methyl sites for hydroxylation is 2. The van der Waals surface area contributed by atoms with Gasteiger partial charge in [0.2, 0.25) is 5.76 Å². The summed E-state index contributed by atoms with van der Waals surface area (Å²) in [5.74, 6) is 0.758. The number of benzene rings is 1. The number of carbonyl (C=O) groups excluding carboxylic acids is 1. The van der Waals surface area contributed by atoms with Gasteiger partial charge in [0.25, 0.3) is 5.91 Å².